The Hall–Kier alpha value is -1.59. The molecule has 0 bridgehead atoms. The van der Waals surface area contributed by atoms with Crippen molar-refractivity contribution in [3.63, 3.8) is 0 Å². The second-order valence-electron chi connectivity index (χ2n) is 5.90. The van der Waals surface area contributed by atoms with Crippen LogP contribution < -0.4 is 11.1 Å². The standard InChI is InChI=1S/C16H21N3OS/c1-10-3-4-13-12(9-10)14(17)15(21-13)16(20)18-11-5-7-19(2)8-6-11/h3-4,9,11H,5-8,17H2,1-2H3,(H,18,20). The zero-order valence-corrected chi connectivity index (χ0v) is 13.3. The molecule has 0 radical (unpaired) electrons. The molecule has 5 heteroatoms. The van der Waals surface area contributed by atoms with Crippen LogP contribution in [0.3, 0.4) is 0 Å². The lowest BCUT2D eigenvalue weighted by molar-refractivity contribution is 0.0922. The van der Waals surface area contributed by atoms with E-state index in [1.807, 2.05) is 19.1 Å². The number of nitrogen functional groups attached to an aromatic ring is 1. The lowest BCUT2D eigenvalue weighted by Gasteiger charge is -2.29. The second-order valence-corrected chi connectivity index (χ2v) is 6.95. The average Bonchev–Trinajstić information content (AvgIpc) is 2.79. The van der Waals surface area contributed by atoms with Crippen LogP contribution in [0.1, 0.15) is 28.1 Å². The first-order chi connectivity index (χ1) is 10.0. The maximum Gasteiger partial charge on any atom is 0.263 e. The second kappa shape index (κ2) is 5.66. The molecule has 1 fully saturated rings. The number of carbonyl (C=O) groups excluding carboxylic acids is 1. The van der Waals surface area contributed by atoms with Gasteiger partial charge in [-0.1, -0.05) is 11.6 Å². The predicted octanol–water partition coefficient (Wildman–Crippen LogP) is 2.62. The summed E-state index contributed by atoms with van der Waals surface area (Å²) < 4.78 is 1.08. The molecular formula is C16H21N3OS. The van der Waals surface area contributed by atoms with Gasteiger partial charge in [0.25, 0.3) is 5.91 Å². The third-order valence-corrected chi connectivity index (χ3v) is 5.33. The number of hydrogen-bond acceptors (Lipinski definition) is 4. The molecule has 1 saturated heterocycles. The number of likely N-dealkylation sites (tertiary alicyclic amines) is 1. The molecule has 0 atom stereocenters. The number of nitrogens with two attached hydrogens (primary N) is 1. The molecule has 1 amide bonds. The fourth-order valence-corrected chi connectivity index (χ4v) is 3.81. The molecule has 1 aromatic carbocycles. The van der Waals surface area contributed by atoms with Crippen molar-refractivity contribution < 1.29 is 4.79 Å². The van der Waals surface area contributed by atoms with Gasteiger partial charge in [0.05, 0.1) is 5.69 Å². The first-order valence-corrected chi connectivity index (χ1v) is 8.14. The van der Waals surface area contributed by atoms with Gasteiger partial charge in [-0.15, -0.1) is 11.3 Å². The van der Waals surface area contributed by atoms with E-state index in [0.29, 0.717) is 10.6 Å². The maximum atomic E-state index is 12.5. The van der Waals surface area contributed by atoms with Crippen LogP contribution in [0.25, 0.3) is 10.1 Å². The number of hydrogen-bond donors (Lipinski definition) is 2. The molecule has 2 heterocycles. The van der Waals surface area contributed by atoms with E-state index < -0.39 is 0 Å². The molecule has 3 rings (SSSR count). The van der Waals surface area contributed by atoms with Crippen LogP contribution in [0.15, 0.2) is 18.2 Å². The minimum Gasteiger partial charge on any atom is -0.397 e. The number of benzene rings is 1. The molecule has 1 aliphatic heterocycles. The number of amides is 1. The van der Waals surface area contributed by atoms with Gasteiger partial charge in [-0.05, 0) is 52.0 Å². The van der Waals surface area contributed by atoms with Crippen molar-refractivity contribution in [1.82, 2.24) is 10.2 Å². The topological polar surface area (TPSA) is 58.4 Å². The zero-order valence-electron chi connectivity index (χ0n) is 12.5. The summed E-state index contributed by atoms with van der Waals surface area (Å²) in [6.07, 6.45) is 2.01. The smallest absolute Gasteiger partial charge is 0.263 e. The number of rotatable bonds is 2. The van der Waals surface area contributed by atoms with E-state index >= 15 is 0 Å². The largest absolute Gasteiger partial charge is 0.397 e. The molecule has 0 saturated carbocycles. The van der Waals surface area contributed by atoms with Crippen molar-refractivity contribution in [3.05, 3.63) is 28.6 Å². The molecule has 0 spiro atoms. The number of fused-ring (bicyclic) bond motifs is 1. The highest BCUT2D eigenvalue weighted by molar-refractivity contribution is 7.21. The molecule has 3 N–H and O–H groups in total. The Morgan fingerprint density at radius 1 is 1.38 bits per heavy atom. The van der Waals surface area contributed by atoms with Gasteiger partial charge in [0.15, 0.2) is 0 Å². The number of nitrogens with one attached hydrogen (secondary N) is 1. The lowest BCUT2D eigenvalue weighted by Crippen LogP contribution is -2.43. The summed E-state index contributed by atoms with van der Waals surface area (Å²) in [5.74, 6) is -0.0269. The summed E-state index contributed by atoms with van der Waals surface area (Å²) >= 11 is 1.48. The number of aryl methyl sites for hydroxylation is 1. The Bertz CT molecular complexity index is 671. The van der Waals surface area contributed by atoms with Crippen molar-refractivity contribution in [2.45, 2.75) is 25.8 Å². The van der Waals surface area contributed by atoms with Crippen LogP contribution in [0.5, 0.6) is 0 Å². The van der Waals surface area contributed by atoms with E-state index in [0.717, 1.165) is 41.6 Å². The minimum absolute atomic E-state index is 0.0269. The summed E-state index contributed by atoms with van der Waals surface area (Å²) in [7, 11) is 2.12. The summed E-state index contributed by atoms with van der Waals surface area (Å²) in [4.78, 5) is 15.4. The number of carbonyl (C=O) groups is 1. The molecular weight excluding hydrogens is 282 g/mol. The molecule has 1 aliphatic rings. The average molecular weight is 303 g/mol. The maximum absolute atomic E-state index is 12.5. The van der Waals surface area contributed by atoms with Gasteiger partial charge in [0, 0.05) is 16.1 Å². The summed E-state index contributed by atoms with van der Waals surface area (Å²) in [6, 6.07) is 6.41. The van der Waals surface area contributed by atoms with Crippen LogP contribution in [0.2, 0.25) is 0 Å². The minimum atomic E-state index is -0.0269. The SMILES string of the molecule is Cc1ccc2sc(C(=O)NC3CCN(C)CC3)c(N)c2c1. The Kier molecular flexibility index (Phi) is 3.87. The fraction of sp³-hybridized carbons (Fsp3) is 0.438. The molecule has 2 aromatic rings. The fourth-order valence-electron chi connectivity index (χ4n) is 2.80. The Balaban J connectivity index is 1.80. The van der Waals surface area contributed by atoms with Gasteiger partial charge in [-0.2, -0.15) is 0 Å². The first-order valence-electron chi connectivity index (χ1n) is 7.32. The normalized spacial score (nSPS) is 17.2. The van der Waals surface area contributed by atoms with Crippen molar-refractivity contribution in [2.75, 3.05) is 25.9 Å². The lowest BCUT2D eigenvalue weighted by atomic mass is 10.1. The third-order valence-electron chi connectivity index (χ3n) is 4.14. The molecule has 1 aromatic heterocycles. The Morgan fingerprint density at radius 2 is 2.10 bits per heavy atom. The van der Waals surface area contributed by atoms with Crippen LogP contribution in [-0.4, -0.2) is 37.0 Å². The van der Waals surface area contributed by atoms with E-state index in [1.54, 1.807) is 0 Å². The Morgan fingerprint density at radius 3 is 2.81 bits per heavy atom. The van der Waals surface area contributed by atoms with Crippen LogP contribution in [-0.2, 0) is 0 Å². The molecule has 21 heavy (non-hydrogen) atoms. The van der Waals surface area contributed by atoms with Crippen LogP contribution >= 0.6 is 11.3 Å². The molecule has 0 unspecified atom stereocenters. The highest BCUT2D eigenvalue weighted by Crippen LogP contribution is 2.34. The monoisotopic (exact) mass is 303 g/mol. The predicted molar refractivity (Wildman–Crippen MR) is 89.0 cm³/mol. The molecule has 0 aliphatic carbocycles. The highest BCUT2D eigenvalue weighted by atomic mass is 32.1. The van der Waals surface area contributed by atoms with Crippen molar-refractivity contribution >= 4 is 33.0 Å². The number of nitrogens with zero attached hydrogens (tertiary/aromatic N) is 1. The van der Waals surface area contributed by atoms with E-state index in [2.05, 4.69) is 23.3 Å². The highest BCUT2D eigenvalue weighted by Gasteiger charge is 2.22. The van der Waals surface area contributed by atoms with E-state index in [-0.39, 0.29) is 11.9 Å². The van der Waals surface area contributed by atoms with E-state index in [4.69, 9.17) is 5.73 Å². The van der Waals surface area contributed by atoms with Crippen molar-refractivity contribution in [3.8, 4) is 0 Å². The number of piperidine rings is 1. The van der Waals surface area contributed by atoms with Gasteiger partial charge in [-0.3, -0.25) is 4.79 Å². The summed E-state index contributed by atoms with van der Waals surface area (Å²) in [5.41, 5.74) is 7.95. The van der Waals surface area contributed by atoms with Crippen LogP contribution in [0, 0.1) is 6.92 Å². The third kappa shape index (κ3) is 2.89. The summed E-state index contributed by atoms with van der Waals surface area (Å²) in [6.45, 7) is 4.10. The van der Waals surface area contributed by atoms with Crippen molar-refractivity contribution in [1.29, 1.82) is 0 Å². The van der Waals surface area contributed by atoms with Gasteiger partial charge < -0.3 is 16.0 Å². The van der Waals surface area contributed by atoms with Crippen molar-refractivity contribution in [2.24, 2.45) is 0 Å². The molecule has 112 valence electrons. The van der Waals surface area contributed by atoms with Gasteiger partial charge >= 0.3 is 0 Å². The van der Waals surface area contributed by atoms with Gasteiger partial charge in [0.2, 0.25) is 0 Å². The van der Waals surface area contributed by atoms with Gasteiger partial charge in [-0.25, -0.2) is 0 Å². The quantitative estimate of drug-likeness (QED) is 0.896. The first kappa shape index (κ1) is 14.4. The summed E-state index contributed by atoms with van der Waals surface area (Å²) in [5, 5.41) is 4.13. The Labute approximate surface area is 128 Å². The number of anilines is 1. The van der Waals surface area contributed by atoms with Gasteiger partial charge in [0.1, 0.15) is 4.88 Å². The van der Waals surface area contributed by atoms with Crippen LogP contribution in [0.4, 0.5) is 5.69 Å². The van der Waals surface area contributed by atoms with E-state index in [9.17, 15) is 4.79 Å². The van der Waals surface area contributed by atoms with E-state index in [1.165, 1.54) is 11.3 Å². The zero-order chi connectivity index (χ0) is 15.0. The molecule has 4 nitrogen and oxygen atoms in total. The number of thiophene rings is 1.